The lowest BCUT2D eigenvalue weighted by Crippen LogP contribution is -2.08. The number of aromatic nitrogens is 2. The zero-order valence-corrected chi connectivity index (χ0v) is 8.04. The van der Waals surface area contributed by atoms with Gasteiger partial charge in [-0.1, -0.05) is 0 Å². The molecule has 0 aliphatic heterocycles. The van der Waals surface area contributed by atoms with Crippen molar-refractivity contribution in [2.75, 3.05) is 0 Å². The Kier molecular flexibility index (Phi) is 2.47. The summed E-state index contributed by atoms with van der Waals surface area (Å²) in [5.41, 5.74) is 0.252. The summed E-state index contributed by atoms with van der Waals surface area (Å²) in [4.78, 5) is 17.4. The first kappa shape index (κ1) is 10.0. The molecule has 6 heteroatoms. The van der Waals surface area contributed by atoms with Gasteiger partial charge in [-0.25, -0.2) is 4.79 Å². The molecule has 2 rings (SSSR count). The van der Waals surface area contributed by atoms with Gasteiger partial charge < -0.3 is 14.9 Å². The minimum absolute atomic E-state index is 0.133. The third kappa shape index (κ3) is 1.95. The number of ether oxygens (including phenoxy) is 1. The van der Waals surface area contributed by atoms with Crippen molar-refractivity contribution in [2.45, 2.75) is 0 Å². The average Bonchev–Trinajstić information content (AvgIpc) is 2.59. The second-order valence-corrected chi connectivity index (χ2v) is 3.00. The molecule has 2 aromatic rings. The molecule has 16 heavy (non-hydrogen) atoms. The second kappa shape index (κ2) is 3.93. The Morgan fingerprint density at radius 2 is 2.25 bits per heavy atom. The highest BCUT2D eigenvalue weighted by Crippen LogP contribution is 2.29. The van der Waals surface area contributed by atoms with E-state index in [1.165, 1.54) is 18.5 Å². The number of carbonyl (C=O) groups excluding carboxylic acids is 1. The summed E-state index contributed by atoms with van der Waals surface area (Å²) < 4.78 is 4.83. The lowest BCUT2D eigenvalue weighted by atomic mass is 10.3. The zero-order chi connectivity index (χ0) is 11.5. The lowest BCUT2D eigenvalue weighted by Gasteiger charge is -2.01. The molecule has 0 aromatic carbocycles. The second-order valence-electron chi connectivity index (χ2n) is 3.00. The van der Waals surface area contributed by atoms with Crippen LogP contribution in [0.25, 0.3) is 0 Å². The van der Waals surface area contributed by atoms with Crippen LogP contribution in [0.3, 0.4) is 0 Å². The number of nitrogens with zero attached hydrogens (tertiary/aromatic N) is 1. The fourth-order valence-electron chi connectivity index (χ4n) is 1.13. The van der Waals surface area contributed by atoms with E-state index in [-0.39, 0.29) is 17.2 Å². The molecule has 0 radical (unpaired) electrons. The quantitative estimate of drug-likeness (QED) is 0.657. The Morgan fingerprint density at radius 3 is 2.81 bits per heavy atom. The van der Waals surface area contributed by atoms with E-state index in [1.54, 1.807) is 6.07 Å². The fourth-order valence-corrected chi connectivity index (χ4v) is 1.13. The van der Waals surface area contributed by atoms with Crippen LogP contribution in [0.2, 0.25) is 0 Å². The molecule has 0 aliphatic carbocycles. The number of esters is 1. The van der Waals surface area contributed by atoms with E-state index >= 15 is 0 Å². The predicted molar refractivity (Wildman–Crippen MR) is 53.3 cm³/mol. The van der Waals surface area contributed by atoms with Crippen molar-refractivity contribution < 1.29 is 19.7 Å². The third-order valence-corrected chi connectivity index (χ3v) is 1.85. The molecule has 0 aliphatic rings. The van der Waals surface area contributed by atoms with Gasteiger partial charge >= 0.3 is 5.97 Å². The van der Waals surface area contributed by atoms with Gasteiger partial charge in [0.25, 0.3) is 0 Å². The van der Waals surface area contributed by atoms with Gasteiger partial charge in [-0.3, -0.25) is 9.97 Å². The molecular weight excluding hydrogens is 212 g/mol. The van der Waals surface area contributed by atoms with Gasteiger partial charge in [-0.15, -0.1) is 0 Å². The van der Waals surface area contributed by atoms with E-state index in [0.717, 1.165) is 6.07 Å². The Hall–Kier alpha value is -2.50. The number of rotatable bonds is 2. The van der Waals surface area contributed by atoms with Gasteiger partial charge in [0.15, 0.2) is 11.6 Å². The summed E-state index contributed by atoms with van der Waals surface area (Å²) in [6.07, 6.45) is 2.86. The molecule has 2 aromatic heterocycles. The molecule has 3 N–H and O–H groups in total. The smallest absolute Gasteiger partial charge is 0.345 e. The Bertz CT molecular complexity index is 507. The van der Waals surface area contributed by atoms with E-state index in [4.69, 9.17) is 9.84 Å². The summed E-state index contributed by atoms with van der Waals surface area (Å²) >= 11 is 0. The molecule has 6 nitrogen and oxygen atoms in total. The average molecular weight is 220 g/mol. The number of H-pyrrole nitrogens is 1. The Balaban J connectivity index is 2.17. The van der Waals surface area contributed by atoms with E-state index in [1.807, 2.05) is 0 Å². The molecule has 0 bridgehead atoms. The maximum Gasteiger partial charge on any atom is 0.345 e. The van der Waals surface area contributed by atoms with Crippen LogP contribution in [0.4, 0.5) is 0 Å². The van der Waals surface area contributed by atoms with Gasteiger partial charge in [0, 0.05) is 18.5 Å². The maximum absolute atomic E-state index is 11.5. The number of aromatic amines is 1. The molecule has 0 spiro atoms. The maximum atomic E-state index is 11.5. The summed E-state index contributed by atoms with van der Waals surface area (Å²) in [7, 11) is 0. The van der Waals surface area contributed by atoms with E-state index in [9.17, 15) is 9.90 Å². The molecule has 82 valence electrons. The van der Waals surface area contributed by atoms with E-state index < -0.39 is 11.8 Å². The summed E-state index contributed by atoms with van der Waals surface area (Å²) in [5, 5.41) is 18.2. The first-order valence-electron chi connectivity index (χ1n) is 4.40. The predicted octanol–water partition coefficient (Wildman–Crippen LogP) is 1.04. The van der Waals surface area contributed by atoms with Crippen LogP contribution >= 0.6 is 0 Å². The van der Waals surface area contributed by atoms with E-state index in [2.05, 4.69) is 9.97 Å². The summed E-state index contributed by atoms with van der Waals surface area (Å²) in [6.45, 7) is 0. The molecule has 0 saturated heterocycles. The highest BCUT2D eigenvalue weighted by Gasteiger charge is 2.14. The van der Waals surface area contributed by atoms with Crippen molar-refractivity contribution in [2.24, 2.45) is 0 Å². The van der Waals surface area contributed by atoms with Crippen molar-refractivity contribution in [3.8, 4) is 17.5 Å². The van der Waals surface area contributed by atoms with Crippen LogP contribution < -0.4 is 4.74 Å². The highest BCUT2D eigenvalue weighted by molar-refractivity contribution is 5.90. The Labute approximate surface area is 90.1 Å². The molecule has 0 amide bonds. The van der Waals surface area contributed by atoms with Crippen molar-refractivity contribution in [3.63, 3.8) is 0 Å². The topological polar surface area (TPSA) is 95.4 Å². The first-order valence-corrected chi connectivity index (χ1v) is 4.40. The fraction of sp³-hybridized carbons (Fsp3) is 0. The van der Waals surface area contributed by atoms with Gasteiger partial charge in [0.1, 0.15) is 0 Å². The third-order valence-electron chi connectivity index (χ3n) is 1.85. The Morgan fingerprint density at radius 1 is 1.44 bits per heavy atom. The van der Waals surface area contributed by atoms with Crippen molar-refractivity contribution >= 4 is 5.97 Å². The zero-order valence-electron chi connectivity index (χ0n) is 8.04. The summed E-state index contributed by atoms with van der Waals surface area (Å²) in [5.74, 6) is -1.49. The number of hydrogen-bond donors (Lipinski definition) is 3. The van der Waals surface area contributed by atoms with Crippen LogP contribution in [0, 0.1) is 0 Å². The lowest BCUT2D eigenvalue weighted by molar-refractivity contribution is 0.0729. The number of carbonyl (C=O) groups is 1. The number of nitrogens with one attached hydrogen (secondary N) is 1. The van der Waals surface area contributed by atoms with Gasteiger partial charge in [0.2, 0.25) is 5.88 Å². The molecule has 0 atom stereocenters. The van der Waals surface area contributed by atoms with Crippen molar-refractivity contribution in [1.82, 2.24) is 9.97 Å². The first-order chi connectivity index (χ1) is 7.66. The molecule has 0 fully saturated rings. The van der Waals surface area contributed by atoms with Gasteiger partial charge in [-0.05, 0) is 12.1 Å². The minimum Gasteiger partial charge on any atom is -0.494 e. The van der Waals surface area contributed by atoms with Crippen LogP contribution in [-0.2, 0) is 0 Å². The van der Waals surface area contributed by atoms with Crippen LogP contribution in [0.15, 0.2) is 30.6 Å². The van der Waals surface area contributed by atoms with Crippen molar-refractivity contribution in [3.05, 3.63) is 36.2 Å². The SMILES string of the molecule is O=C(Oc1cc(O)[nH]c1O)c1cccnc1. The minimum atomic E-state index is -0.664. The van der Waals surface area contributed by atoms with E-state index in [0.29, 0.717) is 0 Å². The van der Waals surface area contributed by atoms with Gasteiger partial charge in [0.05, 0.1) is 5.56 Å². The molecule has 2 heterocycles. The molecular formula is C10H8N2O4. The monoisotopic (exact) mass is 220 g/mol. The van der Waals surface area contributed by atoms with Crippen LogP contribution in [0.1, 0.15) is 10.4 Å². The number of aromatic hydroxyl groups is 2. The normalized spacial score (nSPS) is 10.0. The molecule has 0 saturated carbocycles. The molecule has 0 unspecified atom stereocenters. The number of pyridine rings is 1. The van der Waals surface area contributed by atoms with Crippen LogP contribution in [-0.4, -0.2) is 26.2 Å². The van der Waals surface area contributed by atoms with Crippen molar-refractivity contribution in [1.29, 1.82) is 0 Å². The largest absolute Gasteiger partial charge is 0.494 e. The van der Waals surface area contributed by atoms with Crippen LogP contribution in [0.5, 0.6) is 17.5 Å². The van der Waals surface area contributed by atoms with Gasteiger partial charge in [-0.2, -0.15) is 0 Å². The standard InChI is InChI=1S/C10H8N2O4/c13-8-4-7(9(14)12-8)16-10(15)6-2-1-3-11-5-6/h1-5,12-14H. The highest BCUT2D eigenvalue weighted by atomic mass is 16.5. The number of hydrogen-bond acceptors (Lipinski definition) is 5. The summed E-state index contributed by atoms with van der Waals surface area (Å²) in [6, 6.07) is 4.22.